The van der Waals surface area contributed by atoms with Crippen molar-refractivity contribution in [2.24, 2.45) is 7.05 Å². The molecular formula is C37H34F2N8O7S. The van der Waals surface area contributed by atoms with Crippen LogP contribution in [-0.4, -0.2) is 61.6 Å². The number of nitrogens with one attached hydrogen (secondary N) is 2. The van der Waals surface area contributed by atoms with Gasteiger partial charge in [0.25, 0.3) is 21.5 Å². The van der Waals surface area contributed by atoms with Crippen molar-refractivity contribution in [1.29, 1.82) is 0 Å². The van der Waals surface area contributed by atoms with Crippen molar-refractivity contribution in [3.63, 3.8) is 0 Å². The van der Waals surface area contributed by atoms with Crippen molar-refractivity contribution in [1.82, 2.24) is 34.4 Å². The molecule has 6 aromatic rings. The maximum Gasteiger partial charge on any atom is 0.335 e. The molecule has 18 heteroatoms. The Labute approximate surface area is 312 Å². The van der Waals surface area contributed by atoms with Crippen LogP contribution in [0.3, 0.4) is 0 Å². The maximum atomic E-state index is 15.4. The van der Waals surface area contributed by atoms with Crippen molar-refractivity contribution >= 4 is 38.5 Å². The number of aromatic nitrogens is 6. The van der Waals surface area contributed by atoms with Crippen LogP contribution in [0.15, 0.2) is 99.8 Å². The molecule has 0 saturated heterocycles. The average molecular weight is 773 g/mol. The van der Waals surface area contributed by atoms with Crippen molar-refractivity contribution in [3.8, 4) is 11.4 Å². The summed E-state index contributed by atoms with van der Waals surface area (Å²) in [5, 5.41) is 10.6. The van der Waals surface area contributed by atoms with E-state index in [4.69, 9.17) is 4.74 Å². The van der Waals surface area contributed by atoms with Crippen molar-refractivity contribution in [2.45, 2.75) is 50.7 Å². The molecule has 0 saturated carbocycles. The van der Waals surface area contributed by atoms with E-state index in [0.29, 0.717) is 35.3 Å². The summed E-state index contributed by atoms with van der Waals surface area (Å²) in [5.74, 6) is -4.58. The van der Waals surface area contributed by atoms with Gasteiger partial charge in [0.2, 0.25) is 0 Å². The fourth-order valence-corrected chi connectivity index (χ4v) is 6.71. The summed E-state index contributed by atoms with van der Waals surface area (Å²) in [7, 11) is -2.89. The Morgan fingerprint density at radius 3 is 2.29 bits per heavy atom. The van der Waals surface area contributed by atoms with Crippen molar-refractivity contribution < 1.29 is 31.5 Å². The highest BCUT2D eigenvalue weighted by molar-refractivity contribution is 7.92. The lowest BCUT2D eigenvalue weighted by atomic mass is 10.0. The third-order valence-electron chi connectivity index (χ3n) is 8.51. The molecule has 6 rings (SSSR count). The molecule has 0 radical (unpaired) electrons. The van der Waals surface area contributed by atoms with Gasteiger partial charge in [-0.25, -0.2) is 36.0 Å². The van der Waals surface area contributed by atoms with E-state index in [-0.39, 0.29) is 22.4 Å². The number of carbonyl (C=O) groups excluding carboxylic acids is 2. The van der Waals surface area contributed by atoms with Gasteiger partial charge in [-0.3, -0.25) is 23.9 Å². The highest BCUT2D eigenvalue weighted by Crippen LogP contribution is 2.24. The Bertz CT molecular complexity index is 2660. The third-order valence-corrected chi connectivity index (χ3v) is 9.89. The molecule has 0 spiro atoms. The highest BCUT2D eigenvalue weighted by atomic mass is 32.2. The first-order chi connectivity index (χ1) is 26.2. The van der Waals surface area contributed by atoms with Crippen LogP contribution in [0.5, 0.6) is 0 Å². The molecule has 3 aromatic heterocycles. The summed E-state index contributed by atoms with van der Waals surface area (Å²) in [6.07, 6.45) is 4.43. The molecule has 0 bridgehead atoms. The Morgan fingerprint density at radius 1 is 0.945 bits per heavy atom. The molecule has 0 aliphatic heterocycles. The number of hydrogen-bond acceptors (Lipinski definition) is 10. The van der Waals surface area contributed by atoms with E-state index in [9.17, 15) is 27.6 Å². The number of esters is 1. The summed E-state index contributed by atoms with van der Waals surface area (Å²) in [5.41, 5.74) is -0.419. The normalized spacial score (nSPS) is 12.1. The van der Waals surface area contributed by atoms with E-state index in [0.717, 1.165) is 10.3 Å². The van der Waals surface area contributed by atoms with Crippen LogP contribution in [0.1, 0.15) is 42.4 Å². The smallest absolute Gasteiger partial charge is 0.335 e. The van der Waals surface area contributed by atoms with E-state index < -0.39 is 68.2 Å². The zero-order valence-electron chi connectivity index (χ0n) is 29.9. The van der Waals surface area contributed by atoms with Crippen LogP contribution in [0.2, 0.25) is 0 Å². The number of sulfonamides is 1. The van der Waals surface area contributed by atoms with Gasteiger partial charge in [-0.2, -0.15) is 0 Å². The number of nitrogens with zero attached hydrogens (tertiary/aromatic N) is 6. The zero-order chi connectivity index (χ0) is 39.6. The minimum Gasteiger partial charge on any atom is -0.461 e. The van der Waals surface area contributed by atoms with E-state index in [1.165, 1.54) is 83.3 Å². The number of amides is 1. The molecule has 0 aliphatic carbocycles. The second kappa shape index (κ2) is 15.4. The van der Waals surface area contributed by atoms with Crippen LogP contribution >= 0.6 is 0 Å². The molecule has 1 atom stereocenters. The predicted octanol–water partition coefficient (Wildman–Crippen LogP) is 3.60. The van der Waals surface area contributed by atoms with Crippen LogP contribution in [0.4, 0.5) is 14.5 Å². The minimum absolute atomic E-state index is 0.175. The van der Waals surface area contributed by atoms with Gasteiger partial charge in [0.05, 0.1) is 62.6 Å². The van der Waals surface area contributed by atoms with Gasteiger partial charge < -0.3 is 10.1 Å². The topological polar surface area (TPSA) is 189 Å². The van der Waals surface area contributed by atoms with Gasteiger partial charge in [-0.1, -0.05) is 24.3 Å². The average Bonchev–Trinajstić information content (AvgIpc) is 3.65. The van der Waals surface area contributed by atoms with Gasteiger partial charge in [-0.15, -0.1) is 5.10 Å². The number of ether oxygens (including phenoxy) is 1. The Morgan fingerprint density at radius 2 is 1.64 bits per heavy atom. The first kappa shape index (κ1) is 38.2. The minimum atomic E-state index is -4.40. The number of fused-ring (bicyclic) bond motifs is 1. The van der Waals surface area contributed by atoms with Gasteiger partial charge >= 0.3 is 11.7 Å². The fraction of sp³-hybridized carbons (Fsp3) is 0.216. The molecule has 0 unspecified atom stereocenters. The van der Waals surface area contributed by atoms with Crippen LogP contribution < -0.4 is 21.3 Å². The Balaban J connectivity index is 1.20. The number of carbonyl (C=O) groups is 2. The number of pyridine rings is 1. The molecule has 15 nitrogen and oxygen atoms in total. The lowest BCUT2D eigenvalue weighted by Crippen LogP contribution is -2.44. The van der Waals surface area contributed by atoms with Crippen molar-refractivity contribution in [3.05, 3.63) is 135 Å². The molecule has 1 amide bonds. The molecule has 3 aromatic carbocycles. The van der Waals surface area contributed by atoms with Crippen molar-refractivity contribution in [2.75, 3.05) is 4.72 Å². The molecule has 2 N–H and O–H groups in total. The number of hydrogen-bond donors (Lipinski definition) is 2. The SMILES string of the molecule is CCc1cn(-c2ccc(S(=O)(=O)Nc3cc(F)c(C(=O)N[C@@H](Cc4ccc(-n5c(=O)c6ccncc6n(C)c5=O)cc4)C(=O)OC(C)C)cc3F)cc2)nn1. The number of halogens is 2. The van der Waals surface area contributed by atoms with E-state index in [1.54, 1.807) is 20.0 Å². The van der Waals surface area contributed by atoms with Crippen LogP contribution in [0, 0.1) is 11.6 Å². The number of aryl methyl sites for hydroxylation is 2. The van der Waals surface area contributed by atoms with Gasteiger partial charge in [0, 0.05) is 25.7 Å². The standard InChI is InChI=1S/C37H34F2N8O7S/c1-5-23-20-46(44-42-23)24-10-12-26(13-11-24)55(52,53)43-31-18-29(38)28(17-30(31)39)34(48)41-32(36(50)54-21(2)3)16-22-6-8-25(9-7-22)47-35(49)27-14-15-40-19-33(27)45(4)37(47)51/h6-15,17-21,32,43H,5,16H2,1-4H3,(H,41,48)/t32-/m0/s1. The zero-order valence-corrected chi connectivity index (χ0v) is 30.7. The quantitative estimate of drug-likeness (QED) is 0.174. The second-order valence-electron chi connectivity index (χ2n) is 12.7. The third kappa shape index (κ3) is 8.03. The summed E-state index contributed by atoms with van der Waals surface area (Å²) in [6.45, 7) is 5.08. The lowest BCUT2D eigenvalue weighted by molar-refractivity contribution is -0.149. The van der Waals surface area contributed by atoms with E-state index in [1.807, 2.05) is 11.6 Å². The van der Waals surface area contributed by atoms with E-state index >= 15 is 8.78 Å². The fourth-order valence-electron chi connectivity index (χ4n) is 5.65. The Kier molecular flexibility index (Phi) is 10.7. The molecule has 0 fully saturated rings. The molecule has 3 heterocycles. The summed E-state index contributed by atoms with van der Waals surface area (Å²) < 4.78 is 67.8. The summed E-state index contributed by atoms with van der Waals surface area (Å²) in [4.78, 5) is 56.4. The number of benzene rings is 3. The van der Waals surface area contributed by atoms with Crippen LogP contribution in [0.25, 0.3) is 22.3 Å². The number of anilines is 1. The molecule has 284 valence electrons. The van der Waals surface area contributed by atoms with Crippen LogP contribution in [-0.2, 0) is 39.4 Å². The summed E-state index contributed by atoms with van der Waals surface area (Å²) in [6, 6.07) is 12.6. The molecule has 0 aliphatic rings. The Hall–Kier alpha value is -6.56. The van der Waals surface area contributed by atoms with E-state index in [2.05, 4.69) is 20.6 Å². The maximum absolute atomic E-state index is 15.4. The van der Waals surface area contributed by atoms with Gasteiger partial charge in [0.15, 0.2) is 0 Å². The largest absolute Gasteiger partial charge is 0.461 e. The summed E-state index contributed by atoms with van der Waals surface area (Å²) >= 11 is 0. The molecule has 55 heavy (non-hydrogen) atoms. The van der Waals surface area contributed by atoms with Gasteiger partial charge in [0.1, 0.15) is 17.7 Å². The first-order valence-electron chi connectivity index (χ1n) is 16.9. The number of rotatable bonds is 12. The first-order valence-corrected chi connectivity index (χ1v) is 18.3. The molecular weight excluding hydrogens is 739 g/mol. The van der Waals surface area contributed by atoms with Gasteiger partial charge in [-0.05, 0) is 74.4 Å². The highest BCUT2D eigenvalue weighted by Gasteiger charge is 2.27. The predicted molar refractivity (Wildman–Crippen MR) is 197 cm³/mol. The second-order valence-corrected chi connectivity index (χ2v) is 14.4. The lowest BCUT2D eigenvalue weighted by Gasteiger charge is -2.20. The monoisotopic (exact) mass is 772 g/mol.